The normalized spacial score (nSPS) is 14.3. The van der Waals surface area contributed by atoms with Gasteiger partial charge in [0.25, 0.3) is 0 Å². The maximum atomic E-state index is 5.78. The molecule has 1 aromatic carbocycles. The summed E-state index contributed by atoms with van der Waals surface area (Å²) in [4.78, 5) is 3.93. The van der Waals surface area contributed by atoms with E-state index in [0.717, 1.165) is 30.1 Å². The van der Waals surface area contributed by atoms with Crippen molar-refractivity contribution in [3.05, 3.63) is 42.7 Å². The Balaban J connectivity index is 1.49. The Morgan fingerprint density at radius 3 is 3.05 bits per heavy atom. The first-order valence-electron chi connectivity index (χ1n) is 6.75. The molecule has 0 spiro atoms. The summed E-state index contributed by atoms with van der Waals surface area (Å²) in [5.74, 6) is 1.50. The van der Waals surface area contributed by atoms with Crippen molar-refractivity contribution in [1.82, 2.24) is 35.0 Å². The SMILES string of the molecule is c1cc(OCc2nnnn2C2CC2)cc(-n2cncn2)c1. The lowest BCUT2D eigenvalue weighted by molar-refractivity contribution is 0.286. The summed E-state index contributed by atoms with van der Waals surface area (Å²) in [6.07, 6.45) is 5.42. The zero-order valence-corrected chi connectivity index (χ0v) is 11.2. The molecule has 0 atom stereocenters. The van der Waals surface area contributed by atoms with Crippen LogP contribution in [0.2, 0.25) is 0 Å². The highest BCUT2D eigenvalue weighted by molar-refractivity contribution is 5.38. The van der Waals surface area contributed by atoms with Gasteiger partial charge in [0.2, 0.25) is 0 Å². The number of hydrogen-bond acceptors (Lipinski definition) is 6. The standard InChI is InChI=1S/C13H13N7O/c1-2-11(19-9-14-8-15-19)6-12(3-1)21-7-13-16-17-18-20(13)10-4-5-10/h1-3,6,8-10H,4-5,7H2. The molecule has 0 unspecified atom stereocenters. The largest absolute Gasteiger partial charge is 0.485 e. The molecule has 2 heterocycles. The summed E-state index contributed by atoms with van der Waals surface area (Å²) in [5, 5.41) is 15.8. The first kappa shape index (κ1) is 12.0. The fraction of sp³-hybridized carbons (Fsp3) is 0.308. The second-order valence-electron chi connectivity index (χ2n) is 4.90. The molecule has 0 saturated heterocycles. The van der Waals surface area contributed by atoms with Gasteiger partial charge in [-0.2, -0.15) is 5.10 Å². The lowest BCUT2D eigenvalue weighted by Gasteiger charge is -2.08. The van der Waals surface area contributed by atoms with E-state index in [-0.39, 0.29) is 0 Å². The average Bonchev–Trinajstić information content (AvgIpc) is 3.04. The van der Waals surface area contributed by atoms with E-state index in [1.54, 1.807) is 11.0 Å². The van der Waals surface area contributed by atoms with Gasteiger partial charge in [-0.3, -0.25) is 0 Å². The summed E-state index contributed by atoms with van der Waals surface area (Å²) in [6, 6.07) is 8.09. The molecular formula is C13H13N7O. The van der Waals surface area contributed by atoms with E-state index in [4.69, 9.17) is 4.74 Å². The minimum Gasteiger partial charge on any atom is -0.485 e. The van der Waals surface area contributed by atoms with Crippen LogP contribution in [0.25, 0.3) is 5.69 Å². The van der Waals surface area contributed by atoms with Gasteiger partial charge in [-0.15, -0.1) is 5.10 Å². The Morgan fingerprint density at radius 1 is 1.29 bits per heavy atom. The number of hydrogen-bond donors (Lipinski definition) is 0. The van der Waals surface area contributed by atoms with Crippen LogP contribution in [-0.2, 0) is 6.61 Å². The van der Waals surface area contributed by atoms with Gasteiger partial charge in [-0.25, -0.2) is 14.3 Å². The fourth-order valence-corrected chi connectivity index (χ4v) is 2.12. The van der Waals surface area contributed by atoms with Crippen LogP contribution in [-0.4, -0.2) is 35.0 Å². The third-order valence-corrected chi connectivity index (χ3v) is 3.32. The summed E-state index contributed by atoms with van der Waals surface area (Å²) >= 11 is 0. The van der Waals surface area contributed by atoms with Crippen molar-refractivity contribution in [3.8, 4) is 11.4 Å². The minimum atomic E-state index is 0.351. The molecule has 8 heteroatoms. The third-order valence-electron chi connectivity index (χ3n) is 3.32. The van der Waals surface area contributed by atoms with Crippen molar-refractivity contribution >= 4 is 0 Å². The van der Waals surface area contributed by atoms with Crippen LogP contribution >= 0.6 is 0 Å². The number of rotatable bonds is 5. The molecular weight excluding hydrogens is 270 g/mol. The Bertz CT molecular complexity index is 733. The van der Waals surface area contributed by atoms with Crippen molar-refractivity contribution in [2.75, 3.05) is 0 Å². The predicted octanol–water partition coefficient (Wildman–Crippen LogP) is 1.17. The van der Waals surface area contributed by atoms with E-state index in [0.29, 0.717) is 12.6 Å². The molecule has 3 aromatic rings. The van der Waals surface area contributed by atoms with E-state index in [9.17, 15) is 0 Å². The molecule has 0 radical (unpaired) electrons. The van der Waals surface area contributed by atoms with E-state index >= 15 is 0 Å². The maximum Gasteiger partial charge on any atom is 0.189 e. The van der Waals surface area contributed by atoms with Crippen LogP contribution < -0.4 is 4.74 Å². The van der Waals surface area contributed by atoms with E-state index in [1.165, 1.54) is 6.33 Å². The molecule has 1 fully saturated rings. The highest BCUT2D eigenvalue weighted by atomic mass is 16.5. The monoisotopic (exact) mass is 283 g/mol. The van der Waals surface area contributed by atoms with Gasteiger partial charge in [0, 0.05) is 6.07 Å². The zero-order valence-electron chi connectivity index (χ0n) is 11.2. The Labute approximate surface area is 120 Å². The number of nitrogens with zero attached hydrogens (tertiary/aromatic N) is 7. The molecule has 21 heavy (non-hydrogen) atoms. The Hall–Kier alpha value is -2.77. The second-order valence-corrected chi connectivity index (χ2v) is 4.90. The molecule has 4 rings (SSSR count). The Kier molecular flexibility index (Phi) is 2.84. The first-order chi connectivity index (χ1) is 10.4. The third kappa shape index (κ3) is 2.47. The highest BCUT2D eigenvalue weighted by Gasteiger charge is 2.27. The zero-order chi connectivity index (χ0) is 14.1. The average molecular weight is 283 g/mol. The minimum absolute atomic E-state index is 0.351. The lowest BCUT2D eigenvalue weighted by atomic mass is 10.3. The van der Waals surface area contributed by atoms with Crippen molar-refractivity contribution in [1.29, 1.82) is 0 Å². The Morgan fingerprint density at radius 2 is 2.24 bits per heavy atom. The maximum absolute atomic E-state index is 5.78. The number of aromatic nitrogens is 7. The second kappa shape index (κ2) is 4.97. The van der Waals surface area contributed by atoms with Crippen LogP contribution in [0.4, 0.5) is 0 Å². The quantitative estimate of drug-likeness (QED) is 0.699. The van der Waals surface area contributed by atoms with Gasteiger partial charge < -0.3 is 4.74 Å². The highest BCUT2D eigenvalue weighted by Crippen LogP contribution is 2.34. The number of tetrazole rings is 1. The summed E-state index contributed by atoms with van der Waals surface area (Å²) in [7, 11) is 0. The molecule has 0 N–H and O–H groups in total. The first-order valence-corrected chi connectivity index (χ1v) is 6.75. The van der Waals surface area contributed by atoms with E-state index in [1.807, 2.05) is 28.9 Å². The molecule has 0 bridgehead atoms. The van der Waals surface area contributed by atoms with Crippen LogP contribution in [0.3, 0.4) is 0 Å². The van der Waals surface area contributed by atoms with E-state index in [2.05, 4.69) is 25.6 Å². The summed E-state index contributed by atoms with van der Waals surface area (Å²) in [5.41, 5.74) is 0.895. The predicted molar refractivity (Wildman–Crippen MR) is 71.8 cm³/mol. The van der Waals surface area contributed by atoms with Crippen LogP contribution in [0.5, 0.6) is 5.75 Å². The molecule has 2 aromatic heterocycles. The van der Waals surface area contributed by atoms with Gasteiger partial charge in [0.1, 0.15) is 25.0 Å². The molecule has 8 nitrogen and oxygen atoms in total. The van der Waals surface area contributed by atoms with Crippen LogP contribution in [0.15, 0.2) is 36.9 Å². The van der Waals surface area contributed by atoms with Gasteiger partial charge in [-0.1, -0.05) is 6.07 Å². The molecule has 106 valence electrons. The van der Waals surface area contributed by atoms with Crippen molar-refractivity contribution in [2.24, 2.45) is 0 Å². The molecule has 1 aliphatic carbocycles. The van der Waals surface area contributed by atoms with Crippen LogP contribution in [0.1, 0.15) is 24.7 Å². The fourth-order valence-electron chi connectivity index (χ4n) is 2.12. The molecule has 0 amide bonds. The van der Waals surface area contributed by atoms with Crippen LogP contribution in [0, 0.1) is 0 Å². The van der Waals surface area contributed by atoms with Gasteiger partial charge in [0.05, 0.1) is 11.7 Å². The summed E-state index contributed by atoms with van der Waals surface area (Å²) in [6.45, 7) is 0.351. The van der Waals surface area contributed by atoms with Crippen molar-refractivity contribution in [2.45, 2.75) is 25.5 Å². The van der Waals surface area contributed by atoms with E-state index < -0.39 is 0 Å². The smallest absolute Gasteiger partial charge is 0.189 e. The number of benzene rings is 1. The molecule has 1 saturated carbocycles. The van der Waals surface area contributed by atoms with Crippen molar-refractivity contribution in [3.63, 3.8) is 0 Å². The van der Waals surface area contributed by atoms with Crippen molar-refractivity contribution < 1.29 is 4.74 Å². The lowest BCUT2D eigenvalue weighted by Crippen LogP contribution is -2.07. The molecule has 1 aliphatic rings. The van der Waals surface area contributed by atoms with Gasteiger partial charge in [0.15, 0.2) is 5.82 Å². The topological polar surface area (TPSA) is 83.5 Å². The molecule has 0 aliphatic heterocycles. The van der Waals surface area contributed by atoms with Gasteiger partial charge in [-0.05, 0) is 35.4 Å². The number of ether oxygens (including phenoxy) is 1. The summed E-state index contributed by atoms with van der Waals surface area (Å²) < 4.78 is 9.31. The van der Waals surface area contributed by atoms with Gasteiger partial charge >= 0.3 is 0 Å².